The van der Waals surface area contributed by atoms with Crippen LogP contribution in [0.4, 0.5) is 0 Å². The fourth-order valence-electron chi connectivity index (χ4n) is 6.75. The summed E-state index contributed by atoms with van der Waals surface area (Å²) in [6.45, 7) is 8.17. The molecule has 4 rings (SSSR count). The molecule has 0 aliphatic heterocycles. The van der Waals surface area contributed by atoms with Crippen LogP contribution in [0.2, 0.25) is 0 Å². The second kappa shape index (κ2) is 12.6. The number of rotatable bonds is 7. The molecule has 206 valence electrons. The first-order chi connectivity index (χ1) is 17.7. The van der Waals surface area contributed by atoms with Gasteiger partial charge in [-0.15, -0.1) is 0 Å². The molecule has 0 N–H and O–H groups in total. The van der Waals surface area contributed by atoms with E-state index in [1.165, 1.54) is 0 Å². The zero-order chi connectivity index (χ0) is 26.6. The molecule has 3 fully saturated rings. The van der Waals surface area contributed by atoms with Gasteiger partial charge in [0.15, 0.2) is 0 Å². The van der Waals surface area contributed by atoms with Crippen LogP contribution < -0.4 is 0 Å². The summed E-state index contributed by atoms with van der Waals surface area (Å²) in [6, 6.07) is 0. The fourth-order valence-corrected chi connectivity index (χ4v) is 11.7. The van der Waals surface area contributed by atoms with Gasteiger partial charge in [-0.1, -0.05) is 0 Å². The quantitative estimate of drug-likeness (QED) is 0.305. The van der Waals surface area contributed by atoms with E-state index in [2.05, 4.69) is 20.8 Å². The van der Waals surface area contributed by atoms with E-state index in [-0.39, 0.29) is 41.6 Å². The van der Waals surface area contributed by atoms with Gasteiger partial charge in [0.25, 0.3) is 0 Å². The van der Waals surface area contributed by atoms with Crippen LogP contribution >= 0.6 is 0 Å². The monoisotopic (exact) mass is 550 g/mol. The first-order valence-corrected chi connectivity index (χ1v) is 17.5. The zero-order valence-electron chi connectivity index (χ0n) is 23.4. The maximum absolute atomic E-state index is 13.7. The molecule has 0 radical (unpaired) electrons. The Morgan fingerprint density at radius 3 is 1.16 bits per heavy atom. The van der Waals surface area contributed by atoms with Gasteiger partial charge in [0.1, 0.15) is 0 Å². The summed E-state index contributed by atoms with van der Waals surface area (Å²) in [4.78, 5) is 41.0. The van der Waals surface area contributed by atoms with Gasteiger partial charge in [-0.3, -0.25) is 0 Å². The average molecular weight is 551 g/mol. The van der Waals surface area contributed by atoms with Gasteiger partial charge in [0.05, 0.1) is 0 Å². The summed E-state index contributed by atoms with van der Waals surface area (Å²) in [5.41, 5.74) is 3.21. The normalized spacial score (nSPS) is 24.8. The van der Waals surface area contributed by atoms with Gasteiger partial charge in [0, 0.05) is 0 Å². The Kier molecular flexibility index (Phi) is 9.77. The van der Waals surface area contributed by atoms with Gasteiger partial charge < -0.3 is 0 Å². The van der Waals surface area contributed by atoms with Gasteiger partial charge in [0.2, 0.25) is 0 Å². The fraction of sp³-hybridized carbons (Fsp3) is 0.767. The summed E-state index contributed by atoms with van der Waals surface area (Å²) >= 11 is -4.95. The third-order valence-corrected chi connectivity index (χ3v) is 14.0. The molecular weight excluding hydrogens is 504 g/mol. The van der Waals surface area contributed by atoms with Crippen LogP contribution in [0.25, 0.3) is 0 Å². The number of allylic oxidation sites excluding steroid dienone is 4. The van der Waals surface area contributed by atoms with E-state index in [4.69, 9.17) is 9.96 Å². The van der Waals surface area contributed by atoms with Crippen LogP contribution in [0, 0.1) is 23.7 Å². The van der Waals surface area contributed by atoms with Crippen molar-refractivity contribution in [2.75, 3.05) is 0 Å². The Morgan fingerprint density at radius 1 is 0.568 bits per heavy atom. The molecule has 0 heterocycles. The van der Waals surface area contributed by atoms with E-state index in [1.54, 1.807) is 0 Å². The van der Waals surface area contributed by atoms with Crippen LogP contribution in [-0.2, 0) is 42.1 Å². The van der Waals surface area contributed by atoms with Crippen molar-refractivity contribution in [2.45, 2.75) is 124 Å². The number of hydrogen-bond donors (Lipinski definition) is 0. The van der Waals surface area contributed by atoms with Crippen molar-refractivity contribution in [1.29, 1.82) is 0 Å². The van der Waals surface area contributed by atoms with Gasteiger partial charge in [-0.05, 0) is 0 Å². The summed E-state index contributed by atoms with van der Waals surface area (Å²) in [7, 11) is 0. The predicted octanol–water partition coefficient (Wildman–Crippen LogP) is 7.52. The summed E-state index contributed by atoms with van der Waals surface area (Å²) < 4.78 is 20.0. The van der Waals surface area contributed by atoms with Gasteiger partial charge >= 0.3 is 228 Å². The summed E-state index contributed by atoms with van der Waals surface area (Å²) in [5, 5.41) is 0. The van der Waals surface area contributed by atoms with Crippen molar-refractivity contribution in [3.8, 4) is 0 Å². The van der Waals surface area contributed by atoms with E-state index >= 15 is 0 Å². The van der Waals surface area contributed by atoms with Crippen molar-refractivity contribution in [3.63, 3.8) is 0 Å². The van der Waals surface area contributed by atoms with E-state index in [9.17, 15) is 14.4 Å². The van der Waals surface area contributed by atoms with Crippen molar-refractivity contribution >= 4 is 17.9 Å². The molecule has 1 unspecified atom stereocenters. The van der Waals surface area contributed by atoms with Crippen molar-refractivity contribution < 1.29 is 42.1 Å². The molecule has 0 aromatic carbocycles. The Balaban J connectivity index is 1.73. The van der Waals surface area contributed by atoms with Crippen LogP contribution in [0.3, 0.4) is 0 Å². The molecule has 0 spiro atoms. The van der Waals surface area contributed by atoms with Gasteiger partial charge in [-0.25, -0.2) is 0 Å². The van der Waals surface area contributed by atoms with Crippen LogP contribution in [0.5, 0.6) is 0 Å². The number of carbonyl (C=O) groups excluding carboxylic acids is 3. The summed E-state index contributed by atoms with van der Waals surface area (Å²) in [6.07, 6.45) is 13.9. The molecule has 0 bridgehead atoms. The topological polar surface area (TPSA) is 78.9 Å². The molecule has 4 aliphatic rings. The Bertz CT molecular complexity index is 853. The average Bonchev–Trinajstić information content (AvgIpc) is 3.12. The minimum absolute atomic E-state index is 0.0996. The summed E-state index contributed by atoms with van der Waals surface area (Å²) in [5.74, 6) is -1.82. The van der Waals surface area contributed by atoms with E-state index in [0.717, 1.165) is 117 Å². The predicted molar refractivity (Wildman–Crippen MR) is 138 cm³/mol. The molecule has 0 amide bonds. The molecule has 0 aromatic rings. The van der Waals surface area contributed by atoms with Crippen molar-refractivity contribution in [3.05, 3.63) is 20.6 Å². The number of hydrogen-bond acceptors (Lipinski definition) is 6. The second-order valence-corrected chi connectivity index (χ2v) is 15.4. The minimum atomic E-state index is -4.95. The molecule has 7 heteroatoms. The van der Waals surface area contributed by atoms with Crippen LogP contribution in [-0.4, -0.2) is 17.9 Å². The first-order valence-electron chi connectivity index (χ1n) is 14.8. The third kappa shape index (κ3) is 6.44. The van der Waals surface area contributed by atoms with E-state index in [1.807, 2.05) is 6.92 Å². The second-order valence-electron chi connectivity index (χ2n) is 11.9. The van der Waals surface area contributed by atoms with E-state index < -0.39 is 17.8 Å². The van der Waals surface area contributed by atoms with Gasteiger partial charge in [-0.2, -0.15) is 0 Å². The zero-order valence-corrected chi connectivity index (χ0v) is 24.9. The molecule has 6 nitrogen and oxygen atoms in total. The maximum atomic E-state index is 13.7. The molecule has 37 heavy (non-hydrogen) atoms. The SMILES string of the molecule is CC1=C(C)C(C)[C]([Ti]([O]C(=O)C2CCCCC2)([O]C(=O)C2CCCCC2)[O]C(=O)C2CCCCC2)=C1C. The Hall–Kier alpha value is -1.40. The standard InChI is InChI=1S/C9H13.3C7H12O2.Ti/c1-6-5-7(2)9(4)8(6)3;3*8-7(9)6-4-2-1-3-5-6;/h6H,1-4H3;3*6H,1-5H2,(H,8,9);/q;;;;+3/p-3. The number of carbonyl (C=O) groups is 3. The first kappa shape index (κ1) is 28.6. The Labute approximate surface area is 227 Å². The Morgan fingerprint density at radius 2 is 0.892 bits per heavy atom. The van der Waals surface area contributed by atoms with Crippen molar-refractivity contribution in [1.82, 2.24) is 0 Å². The van der Waals surface area contributed by atoms with Crippen LogP contribution in [0.15, 0.2) is 20.6 Å². The molecule has 1 atom stereocenters. The van der Waals surface area contributed by atoms with E-state index in [0.29, 0.717) is 0 Å². The van der Waals surface area contributed by atoms with Crippen LogP contribution in [0.1, 0.15) is 124 Å². The third-order valence-electron chi connectivity index (χ3n) is 9.49. The molecule has 0 aromatic heterocycles. The molecule has 4 aliphatic carbocycles. The molecular formula is C30H46O6Ti. The molecule has 0 saturated heterocycles. The molecule has 3 saturated carbocycles. The van der Waals surface area contributed by atoms with Crippen molar-refractivity contribution in [2.24, 2.45) is 23.7 Å².